The van der Waals surface area contributed by atoms with Crippen LogP contribution >= 0.6 is 11.6 Å². The van der Waals surface area contributed by atoms with Crippen LogP contribution in [0.4, 0.5) is 0 Å². The fourth-order valence-corrected chi connectivity index (χ4v) is 1.73. The van der Waals surface area contributed by atoms with E-state index < -0.39 is 0 Å². The molecule has 0 saturated heterocycles. The van der Waals surface area contributed by atoms with Gasteiger partial charge in [0.25, 0.3) is 0 Å². The summed E-state index contributed by atoms with van der Waals surface area (Å²) in [6, 6.07) is 11.0. The Balaban J connectivity index is 1.83. The summed E-state index contributed by atoms with van der Waals surface area (Å²) in [5, 5.41) is 4.60. The maximum atomic E-state index is 5.82. The number of hydrogen-bond donors (Lipinski definition) is 0. The minimum Gasteiger partial charge on any atom is -0.469 e. The highest BCUT2D eigenvalue weighted by molar-refractivity contribution is 6.30. The van der Waals surface area contributed by atoms with Gasteiger partial charge in [-0.25, -0.2) is 0 Å². The van der Waals surface area contributed by atoms with Crippen LogP contribution in [0.15, 0.2) is 51.6 Å². The molecule has 1 aromatic carbocycles. The zero-order valence-corrected chi connectivity index (χ0v) is 10.1. The maximum absolute atomic E-state index is 5.82. The summed E-state index contributed by atoms with van der Waals surface area (Å²) in [5.41, 5.74) is 0.869. The fourth-order valence-electron chi connectivity index (χ4n) is 1.61. The van der Waals surface area contributed by atoms with E-state index in [4.69, 9.17) is 20.5 Å². The summed E-state index contributed by atoms with van der Waals surface area (Å²) in [4.78, 5) is 4.30. The summed E-state index contributed by atoms with van der Waals surface area (Å²) >= 11 is 5.82. The SMILES string of the molecule is Clc1ccc(-c2noc(Cc3ccco3)n2)cc1. The molecule has 3 aromatic rings. The van der Waals surface area contributed by atoms with E-state index in [0.717, 1.165) is 11.3 Å². The lowest BCUT2D eigenvalue weighted by Crippen LogP contribution is -1.86. The van der Waals surface area contributed by atoms with Crippen LogP contribution in [-0.4, -0.2) is 10.1 Å². The Labute approximate surface area is 108 Å². The van der Waals surface area contributed by atoms with E-state index in [9.17, 15) is 0 Å². The Hall–Kier alpha value is -2.07. The van der Waals surface area contributed by atoms with Crippen LogP contribution in [0.3, 0.4) is 0 Å². The third-order valence-electron chi connectivity index (χ3n) is 2.48. The summed E-state index contributed by atoms with van der Waals surface area (Å²) in [7, 11) is 0. The highest BCUT2D eigenvalue weighted by Gasteiger charge is 2.10. The van der Waals surface area contributed by atoms with Gasteiger partial charge in [-0.2, -0.15) is 4.98 Å². The lowest BCUT2D eigenvalue weighted by Gasteiger charge is -1.93. The molecule has 0 radical (unpaired) electrons. The largest absolute Gasteiger partial charge is 0.469 e. The van der Waals surface area contributed by atoms with Crippen molar-refractivity contribution in [1.29, 1.82) is 0 Å². The van der Waals surface area contributed by atoms with Gasteiger partial charge in [0, 0.05) is 10.6 Å². The number of aromatic nitrogens is 2. The van der Waals surface area contributed by atoms with Crippen molar-refractivity contribution in [3.63, 3.8) is 0 Å². The second-order valence-electron chi connectivity index (χ2n) is 3.77. The normalized spacial score (nSPS) is 10.7. The van der Waals surface area contributed by atoms with Gasteiger partial charge >= 0.3 is 0 Å². The molecule has 0 fully saturated rings. The molecule has 0 aliphatic carbocycles. The number of halogens is 1. The van der Waals surface area contributed by atoms with E-state index in [1.165, 1.54) is 0 Å². The minimum absolute atomic E-state index is 0.494. The van der Waals surface area contributed by atoms with Crippen molar-refractivity contribution in [2.75, 3.05) is 0 Å². The Bertz CT molecular complexity index is 629. The van der Waals surface area contributed by atoms with Crippen LogP contribution in [-0.2, 0) is 6.42 Å². The van der Waals surface area contributed by atoms with E-state index in [1.54, 1.807) is 18.4 Å². The van der Waals surface area contributed by atoms with Crippen molar-refractivity contribution in [3.8, 4) is 11.4 Å². The van der Waals surface area contributed by atoms with Gasteiger partial charge in [0.05, 0.1) is 12.7 Å². The first-order valence-corrected chi connectivity index (χ1v) is 5.80. The van der Waals surface area contributed by atoms with Crippen LogP contribution in [0, 0.1) is 0 Å². The van der Waals surface area contributed by atoms with E-state index in [1.807, 2.05) is 24.3 Å². The number of benzene rings is 1. The Morgan fingerprint density at radius 1 is 1.11 bits per heavy atom. The first-order chi connectivity index (χ1) is 8.81. The summed E-state index contributed by atoms with van der Waals surface area (Å²) < 4.78 is 10.4. The van der Waals surface area contributed by atoms with Crippen molar-refractivity contribution in [2.24, 2.45) is 0 Å². The van der Waals surface area contributed by atoms with Crippen LogP contribution in [0.2, 0.25) is 5.02 Å². The molecule has 0 aliphatic rings. The molecule has 0 bridgehead atoms. The van der Waals surface area contributed by atoms with Gasteiger partial charge in [-0.05, 0) is 36.4 Å². The molecular formula is C13H9ClN2O2. The third-order valence-corrected chi connectivity index (χ3v) is 2.73. The molecule has 0 unspecified atom stereocenters. The van der Waals surface area contributed by atoms with Gasteiger partial charge in [0.1, 0.15) is 5.76 Å². The average Bonchev–Trinajstić information content (AvgIpc) is 3.02. The lowest BCUT2D eigenvalue weighted by atomic mass is 10.2. The second-order valence-corrected chi connectivity index (χ2v) is 4.21. The molecule has 0 N–H and O–H groups in total. The van der Waals surface area contributed by atoms with Gasteiger partial charge in [-0.3, -0.25) is 0 Å². The number of furan rings is 1. The van der Waals surface area contributed by atoms with Gasteiger partial charge in [-0.15, -0.1) is 0 Å². The highest BCUT2D eigenvalue weighted by atomic mass is 35.5. The van der Waals surface area contributed by atoms with E-state index in [0.29, 0.717) is 23.2 Å². The van der Waals surface area contributed by atoms with Crippen LogP contribution < -0.4 is 0 Å². The molecule has 90 valence electrons. The summed E-state index contributed by atoms with van der Waals surface area (Å²) in [5.74, 6) is 1.87. The quantitative estimate of drug-likeness (QED) is 0.722. The van der Waals surface area contributed by atoms with Crippen LogP contribution in [0.25, 0.3) is 11.4 Å². The molecule has 0 amide bonds. The molecule has 2 aromatic heterocycles. The predicted octanol–water partition coefficient (Wildman–Crippen LogP) is 3.57. The molecule has 0 aliphatic heterocycles. The smallest absolute Gasteiger partial charge is 0.234 e. The standard InChI is InChI=1S/C13H9ClN2O2/c14-10-5-3-9(4-6-10)13-15-12(18-16-13)8-11-2-1-7-17-11/h1-7H,8H2. The minimum atomic E-state index is 0.494. The molecule has 0 saturated carbocycles. The van der Waals surface area contributed by atoms with Gasteiger partial charge in [0.15, 0.2) is 0 Å². The fraction of sp³-hybridized carbons (Fsp3) is 0.0769. The number of hydrogen-bond acceptors (Lipinski definition) is 4. The van der Waals surface area contributed by atoms with Crippen molar-refractivity contribution >= 4 is 11.6 Å². The summed E-state index contributed by atoms with van der Waals surface area (Å²) in [6.07, 6.45) is 2.11. The predicted molar refractivity (Wildman–Crippen MR) is 66.3 cm³/mol. The summed E-state index contributed by atoms with van der Waals surface area (Å²) in [6.45, 7) is 0. The first-order valence-electron chi connectivity index (χ1n) is 5.42. The second kappa shape index (κ2) is 4.66. The van der Waals surface area contributed by atoms with Gasteiger partial charge in [-0.1, -0.05) is 16.8 Å². The van der Waals surface area contributed by atoms with Crippen LogP contribution in [0.5, 0.6) is 0 Å². The average molecular weight is 261 g/mol. The highest BCUT2D eigenvalue weighted by Crippen LogP contribution is 2.19. The molecule has 3 rings (SSSR count). The monoisotopic (exact) mass is 260 g/mol. The molecular weight excluding hydrogens is 252 g/mol. The van der Waals surface area contributed by atoms with Crippen molar-refractivity contribution in [2.45, 2.75) is 6.42 Å². The van der Waals surface area contributed by atoms with Gasteiger partial charge in [0.2, 0.25) is 11.7 Å². The van der Waals surface area contributed by atoms with E-state index in [2.05, 4.69) is 10.1 Å². The molecule has 0 atom stereocenters. The van der Waals surface area contributed by atoms with Crippen molar-refractivity contribution < 1.29 is 8.94 Å². The van der Waals surface area contributed by atoms with Gasteiger partial charge < -0.3 is 8.94 Å². The third kappa shape index (κ3) is 2.28. The zero-order chi connectivity index (χ0) is 12.4. The first kappa shape index (κ1) is 11.0. The zero-order valence-electron chi connectivity index (χ0n) is 9.34. The number of nitrogens with zero attached hydrogens (tertiary/aromatic N) is 2. The molecule has 0 spiro atoms. The molecule has 2 heterocycles. The Kier molecular flexibility index (Phi) is 2.86. The molecule has 4 nitrogen and oxygen atoms in total. The van der Waals surface area contributed by atoms with Crippen molar-refractivity contribution in [3.05, 3.63) is 59.3 Å². The maximum Gasteiger partial charge on any atom is 0.234 e. The molecule has 18 heavy (non-hydrogen) atoms. The Morgan fingerprint density at radius 2 is 1.94 bits per heavy atom. The van der Waals surface area contributed by atoms with E-state index >= 15 is 0 Å². The molecule has 5 heteroatoms. The van der Waals surface area contributed by atoms with E-state index in [-0.39, 0.29) is 0 Å². The lowest BCUT2D eigenvalue weighted by molar-refractivity contribution is 0.375. The van der Waals surface area contributed by atoms with Crippen molar-refractivity contribution in [1.82, 2.24) is 10.1 Å². The topological polar surface area (TPSA) is 52.1 Å². The van der Waals surface area contributed by atoms with Crippen LogP contribution in [0.1, 0.15) is 11.7 Å². The Morgan fingerprint density at radius 3 is 2.67 bits per heavy atom. The number of rotatable bonds is 3.